The molecule has 0 aromatic rings. The molecule has 0 heterocycles. The molecule has 0 saturated heterocycles. The van der Waals surface area contributed by atoms with E-state index >= 15 is 0 Å². The summed E-state index contributed by atoms with van der Waals surface area (Å²) in [6.07, 6.45) is -11.9. The van der Waals surface area contributed by atoms with Crippen LogP contribution in [0.4, 0.5) is 26.3 Å². The summed E-state index contributed by atoms with van der Waals surface area (Å²) in [6, 6.07) is 0. The van der Waals surface area contributed by atoms with Gasteiger partial charge < -0.3 is 9.84 Å². The number of carbonyl (C=O) groups is 1. The minimum absolute atomic E-state index is 0.283. The highest BCUT2D eigenvalue weighted by Crippen LogP contribution is 2.61. The second-order valence-corrected chi connectivity index (χ2v) is 8.38. The number of carbonyl (C=O) groups excluding carboxylic acids is 1. The molecule has 4 rings (SSSR count). The van der Waals surface area contributed by atoms with E-state index in [-0.39, 0.29) is 17.4 Å². The first-order valence-electron chi connectivity index (χ1n) is 8.98. The van der Waals surface area contributed by atoms with Crippen LogP contribution in [0.25, 0.3) is 0 Å². The third-order valence-electron chi connectivity index (χ3n) is 6.51. The highest BCUT2D eigenvalue weighted by Gasteiger charge is 2.77. The number of esters is 1. The lowest BCUT2D eigenvalue weighted by molar-refractivity contribution is -0.400. The zero-order valence-corrected chi connectivity index (χ0v) is 14.7. The van der Waals surface area contributed by atoms with Gasteiger partial charge >= 0.3 is 18.3 Å². The van der Waals surface area contributed by atoms with Gasteiger partial charge in [0.15, 0.2) is 6.10 Å². The van der Waals surface area contributed by atoms with E-state index in [4.69, 9.17) is 4.74 Å². The number of rotatable bonds is 4. The Morgan fingerprint density at radius 2 is 1.37 bits per heavy atom. The van der Waals surface area contributed by atoms with Crippen LogP contribution in [0.2, 0.25) is 0 Å². The van der Waals surface area contributed by atoms with Gasteiger partial charge in [0.05, 0.1) is 0 Å². The minimum Gasteiger partial charge on any atom is -0.455 e. The predicted molar refractivity (Wildman–Crippen MR) is 82.3 cm³/mol. The SMILES string of the molecule is C=C(C)C(=O)OC(C1C2CC3CC(C2)CC1C3)C(O)(C(F)(F)F)C(F)(F)F. The average Bonchev–Trinajstić information content (AvgIpc) is 2.49. The fourth-order valence-corrected chi connectivity index (χ4v) is 5.60. The number of halogens is 6. The van der Waals surface area contributed by atoms with E-state index in [1.54, 1.807) is 0 Å². The van der Waals surface area contributed by atoms with E-state index in [1.165, 1.54) is 0 Å². The van der Waals surface area contributed by atoms with Gasteiger partial charge in [-0.15, -0.1) is 0 Å². The predicted octanol–water partition coefficient (Wildman–Crippen LogP) is 4.40. The van der Waals surface area contributed by atoms with Gasteiger partial charge in [0.25, 0.3) is 5.60 Å². The van der Waals surface area contributed by atoms with Crippen molar-refractivity contribution in [2.45, 2.75) is 63.1 Å². The maximum absolute atomic E-state index is 13.5. The Hall–Kier alpha value is -1.25. The van der Waals surface area contributed by atoms with Crippen molar-refractivity contribution < 1.29 is 41.0 Å². The molecule has 154 valence electrons. The molecule has 0 aromatic heterocycles. The summed E-state index contributed by atoms with van der Waals surface area (Å²) in [5.41, 5.74) is -5.44. The Balaban J connectivity index is 2.06. The van der Waals surface area contributed by atoms with Gasteiger partial charge in [0.1, 0.15) is 0 Å². The first-order chi connectivity index (χ1) is 12.3. The summed E-state index contributed by atoms with van der Waals surface area (Å²) in [7, 11) is 0. The fraction of sp³-hybridized carbons (Fsp3) is 0.833. The molecule has 4 fully saturated rings. The van der Waals surface area contributed by atoms with Crippen LogP contribution in [0.3, 0.4) is 0 Å². The summed E-state index contributed by atoms with van der Waals surface area (Å²) < 4.78 is 85.9. The Labute approximate surface area is 152 Å². The van der Waals surface area contributed by atoms with Crippen LogP contribution in [0, 0.1) is 29.6 Å². The molecule has 3 nitrogen and oxygen atoms in total. The largest absolute Gasteiger partial charge is 0.455 e. The molecular weight excluding hydrogens is 378 g/mol. The third kappa shape index (κ3) is 3.25. The van der Waals surface area contributed by atoms with Crippen molar-refractivity contribution in [3.05, 3.63) is 12.2 Å². The van der Waals surface area contributed by atoms with Crippen molar-refractivity contribution in [3.8, 4) is 0 Å². The highest BCUT2D eigenvalue weighted by molar-refractivity contribution is 5.87. The van der Waals surface area contributed by atoms with E-state index in [2.05, 4.69) is 6.58 Å². The van der Waals surface area contributed by atoms with Crippen molar-refractivity contribution in [1.82, 2.24) is 0 Å². The molecule has 4 aliphatic carbocycles. The zero-order chi connectivity index (χ0) is 20.4. The third-order valence-corrected chi connectivity index (χ3v) is 6.51. The summed E-state index contributed by atoms with van der Waals surface area (Å²) in [6.45, 7) is 4.37. The first kappa shape index (κ1) is 20.5. The van der Waals surface area contributed by atoms with Crippen molar-refractivity contribution in [1.29, 1.82) is 0 Å². The van der Waals surface area contributed by atoms with Crippen LogP contribution in [0.1, 0.15) is 39.0 Å². The Morgan fingerprint density at radius 1 is 0.963 bits per heavy atom. The van der Waals surface area contributed by atoms with Crippen molar-refractivity contribution in [2.24, 2.45) is 29.6 Å². The molecule has 27 heavy (non-hydrogen) atoms. The van der Waals surface area contributed by atoms with Crippen molar-refractivity contribution >= 4 is 5.97 Å². The second-order valence-electron chi connectivity index (χ2n) is 8.38. The minimum atomic E-state index is -6.04. The van der Waals surface area contributed by atoms with Crippen LogP contribution in [-0.2, 0) is 9.53 Å². The molecular formula is C18H22F6O3. The number of alkyl halides is 6. The van der Waals surface area contributed by atoms with E-state index in [0.717, 1.165) is 13.3 Å². The quantitative estimate of drug-likeness (QED) is 0.432. The first-order valence-corrected chi connectivity index (χ1v) is 8.98. The molecule has 0 aromatic carbocycles. The number of hydrogen-bond donors (Lipinski definition) is 1. The summed E-state index contributed by atoms with van der Waals surface area (Å²) in [4.78, 5) is 11.9. The van der Waals surface area contributed by atoms with Crippen LogP contribution in [0.15, 0.2) is 12.2 Å². The molecule has 1 unspecified atom stereocenters. The molecule has 9 heteroatoms. The van der Waals surface area contributed by atoms with Gasteiger partial charge in [0, 0.05) is 11.5 Å². The number of aliphatic hydroxyl groups is 1. The molecule has 4 saturated carbocycles. The van der Waals surface area contributed by atoms with Crippen LogP contribution >= 0.6 is 0 Å². The van der Waals surface area contributed by atoms with E-state index in [9.17, 15) is 36.2 Å². The van der Waals surface area contributed by atoms with Gasteiger partial charge in [-0.1, -0.05) is 6.58 Å². The lowest BCUT2D eigenvalue weighted by Crippen LogP contribution is -2.69. The van der Waals surface area contributed by atoms with Gasteiger partial charge in [-0.3, -0.25) is 0 Å². The topological polar surface area (TPSA) is 46.5 Å². The van der Waals surface area contributed by atoms with E-state index in [0.29, 0.717) is 25.7 Å². The summed E-state index contributed by atoms with van der Waals surface area (Å²) in [5.74, 6) is -2.84. The number of ether oxygens (including phenoxy) is 1. The van der Waals surface area contributed by atoms with Gasteiger partial charge in [0.2, 0.25) is 0 Å². The van der Waals surface area contributed by atoms with Gasteiger partial charge in [-0.2, -0.15) is 26.3 Å². The van der Waals surface area contributed by atoms with E-state index in [1.807, 2.05) is 0 Å². The van der Waals surface area contributed by atoms with Crippen molar-refractivity contribution in [2.75, 3.05) is 0 Å². The van der Waals surface area contributed by atoms with Crippen LogP contribution in [0.5, 0.6) is 0 Å². The Bertz CT molecular complexity index is 582. The molecule has 4 aliphatic rings. The lowest BCUT2D eigenvalue weighted by Gasteiger charge is -2.57. The lowest BCUT2D eigenvalue weighted by atomic mass is 9.49. The fourth-order valence-electron chi connectivity index (χ4n) is 5.60. The zero-order valence-electron chi connectivity index (χ0n) is 14.7. The molecule has 1 atom stereocenters. The summed E-state index contributed by atoms with van der Waals surface area (Å²) in [5, 5.41) is 10.0. The Morgan fingerprint density at radius 3 is 1.70 bits per heavy atom. The molecule has 1 N–H and O–H groups in total. The second kappa shape index (κ2) is 6.39. The molecule has 0 aliphatic heterocycles. The maximum Gasteiger partial charge on any atom is 0.430 e. The van der Waals surface area contributed by atoms with Crippen molar-refractivity contribution in [3.63, 3.8) is 0 Å². The average molecular weight is 400 g/mol. The standard InChI is InChI=1S/C18H22F6O3/c1-8(2)15(25)27-14(16(26,17(19,20)21)18(22,23)24)13-11-4-9-3-10(6-11)7-12(13)5-9/h9-14,26H,1,3-7H2,2H3. The molecule has 0 amide bonds. The molecule has 0 radical (unpaired) electrons. The van der Waals surface area contributed by atoms with Crippen LogP contribution < -0.4 is 0 Å². The van der Waals surface area contributed by atoms with E-state index < -0.39 is 47.8 Å². The number of hydrogen-bond acceptors (Lipinski definition) is 3. The molecule has 0 spiro atoms. The van der Waals surface area contributed by atoms with Gasteiger partial charge in [-0.05, 0) is 62.7 Å². The van der Waals surface area contributed by atoms with Gasteiger partial charge in [-0.25, -0.2) is 4.79 Å². The maximum atomic E-state index is 13.5. The molecule has 4 bridgehead atoms. The summed E-state index contributed by atoms with van der Waals surface area (Å²) >= 11 is 0. The van der Waals surface area contributed by atoms with Crippen LogP contribution in [-0.4, -0.2) is 35.1 Å². The smallest absolute Gasteiger partial charge is 0.430 e. The monoisotopic (exact) mass is 400 g/mol. The highest BCUT2D eigenvalue weighted by atomic mass is 19.4. The normalized spacial score (nSPS) is 34.4. The Kier molecular flexibility index (Phi) is 4.85.